The fraction of sp³-hybridized carbons (Fsp3) is 0.318. The molecular formula is C22H25Cl2Zr-. The van der Waals surface area contributed by atoms with Crippen LogP contribution in [0.1, 0.15) is 43.4 Å². The summed E-state index contributed by atoms with van der Waals surface area (Å²) >= 11 is -0.826. The summed E-state index contributed by atoms with van der Waals surface area (Å²) < 4.78 is 0. The molecule has 3 aromatic rings. The molecule has 0 unspecified atom stereocenters. The Morgan fingerprint density at radius 2 is 1.76 bits per heavy atom. The van der Waals surface area contributed by atoms with E-state index in [0.717, 1.165) is 6.42 Å². The zero-order valence-electron chi connectivity index (χ0n) is 15.2. The Morgan fingerprint density at radius 1 is 1.04 bits per heavy atom. The minimum absolute atomic E-state index is 0.826. The Labute approximate surface area is 170 Å². The SMILES string of the molecule is CCCCc1cc2c(-c3ccccc3C)c(CC)ccc2[cH-]1.[Cl][Zr][Cl]. The molecule has 0 aromatic heterocycles. The molecule has 0 atom stereocenters. The van der Waals surface area contributed by atoms with Crippen LogP contribution < -0.4 is 0 Å². The van der Waals surface area contributed by atoms with Crippen LogP contribution >= 0.6 is 17.0 Å². The minimum atomic E-state index is -0.826. The molecule has 0 saturated carbocycles. The first-order chi connectivity index (χ1) is 12.2. The molecule has 3 aromatic carbocycles. The third-order valence-electron chi connectivity index (χ3n) is 4.65. The molecule has 3 rings (SSSR count). The number of hydrogen-bond donors (Lipinski definition) is 0. The molecule has 0 aliphatic heterocycles. The quantitative estimate of drug-likeness (QED) is 0.347. The van der Waals surface area contributed by atoms with E-state index in [1.807, 2.05) is 0 Å². The van der Waals surface area contributed by atoms with Crippen molar-refractivity contribution in [2.24, 2.45) is 0 Å². The molecule has 0 aliphatic rings. The third-order valence-corrected chi connectivity index (χ3v) is 4.65. The fourth-order valence-electron chi connectivity index (χ4n) is 3.38. The summed E-state index contributed by atoms with van der Waals surface area (Å²) in [5, 5.41) is 2.82. The van der Waals surface area contributed by atoms with Gasteiger partial charge >= 0.3 is 37.9 Å². The van der Waals surface area contributed by atoms with E-state index in [-0.39, 0.29) is 0 Å². The molecule has 132 valence electrons. The molecule has 0 nitrogen and oxygen atoms in total. The Hall–Kier alpha value is -0.487. The van der Waals surface area contributed by atoms with Gasteiger partial charge in [0, 0.05) is 0 Å². The summed E-state index contributed by atoms with van der Waals surface area (Å²) in [6.07, 6.45) is 4.80. The molecule has 0 aliphatic carbocycles. The Kier molecular flexibility index (Phi) is 8.84. The number of unbranched alkanes of at least 4 members (excludes halogenated alkanes) is 1. The van der Waals surface area contributed by atoms with Crippen molar-refractivity contribution in [2.45, 2.75) is 46.5 Å². The van der Waals surface area contributed by atoms with Crippen LogP contribution in [-0.2, 0) is 33.7 Å². The summed E-state index contributed by atoms with van der Waals surface area (Å²) in [5.41, 5.74) is 7.13. The van der Waals surface area contributed by atoms with Crippen molar-refractivity contribution >= 4 is 27.8 Å². The first kappa shape index (κ1) is 20.8. The van der Waals surface area contributed by atoms with Crippen LogP contribution in [0.5, 0.6) is 0 Å². The number of hydrogen-bond acceptors (Lipinski definition) is 0. The molecular weight excluding hydrogens is 426 g/mol. The fourth-order valence-corrected chi connectivity index (χ4v) is 3.38. The average Bonchev–Trinajstić information content (AvgIpc) is 3.03. The van der Waals surface area contributed by atoms with Crippen LogP contribution in [0.3, 0.4) is 0 Å². The summed E-state index contributed by atoms with van der Waals surface area (Å²) in [6, 6.07) is 18.2. The number of rotatable bonds is 5. The van der Waals surface area contributed by atoms with E-state index in [2.05, 4.69) is 69.3 Å². The zero-order valence-corrected chi connectivity index (χ0v) is 19.2. The van der Waals surface area contributed by atoms with E-state index in [0.29, 0.717) is 0 Å². The van der Waals surface area contributed by atoms with E-state index in [4.69, 9.17) is 17.0 Å². The molecule has 0 bridgehead atoms. The number of benzene rings is 2. The first-order valence-corrected chi connectivity index (χ1v) is 15.2. The molecule has 3 heteroatoms. The predicted molar refractivity (Wildman–Crippen MR) is 109 cm³/mol. The van der Waals surface area contributed by atoms with Crippen molar-refractivity contribution in [3.8, 4) is 11.1 Å². The van der Waals surface area contributed by atoms with Crippen LogP contribution in [0.2, 0.25) is 0 Å². The predicted octanol–water partition coefficient (Wildman–Crippen LogP) is 7.82. The van der Waals surface area contributed by atoms with Crippen LogP contribution in [0.4, 0.5) is 0 Å². The maximum absolute atomic E-state index is 4.93. The van der Waals surface area contributed by atoms with Gasteiger partial charge in [-0.05, 0) is 30.9 Å². The van der Waals surface area contributed by atoms with Crippen LogP contribution in [-0.4, -0.2) is 0 Å². The van der Waals surface area contributed by atoms with Crippen molar-refractivity contribution in [1.29, 1.82) is 0 Å². The molecule has 0 heterocycles. The summed E-state index contributed by atoms with van der Waals surface area (Å²) in [5.74, 6) is 0. The van der Waals surface area contributed by atoms with Gasteiger partial charge in [-0.15, -0.1) is 34.5 Å². The van der Waals surface area contributed by atoms with Gasteiger partial charge in [0.2, 0.25) is 0 Å². The first-order valence-electron chi connectivity index (χ1n) is 8.89. The standard InChI is InChI=1S/C22H25.2ClH.Zr/c1-4-6-10-17-14-19-13-12-18(5-2)22(21(19)15-17)20-11-8-7-9-16(20)3;;;/h7-9,11-15H,4-6,10H2,1-3H3;2*1H;/q-1;;;+2/p-2. The molecule has 0 amide bonds. The normalized spacial score (nSPS) is 10.4. The van der Waals surface area contributed by atoms with Crippen molar-refractivity contribution in [3.05, 3.63) is 65.2 Å². The maximum atomic E-state index is 4.93. The van der Waals surface area contributed by atoms with Crippen LogP contribution in [0.15, 0.2) is 48.5 Å². The van der Waals surface area contributed by atoms with Gasteiger partial charge in [-0.2, -0.15) is 6.07 Å². The van der Waals surface area contributed by atoms with Gasteiger partial charge in [0.05, 0.1) is 0 Å². The van der Waals surface area contributed by atoms with Gasteiger partial charge in [-0.1, -0.05) is 62.1 Å². The van der Waals surface area contributed by atoms with Gasteiger partial charge in [0.25, 0.3) is 0 Å². The third kappa shape index (κ3) is 5.25. The number of aryl methyl sites for hydroxylation is 3. The summed E-state index contributed by atoms with van der Waals surface area (Å²) in [4.78, 5) is 0. The van der Waals surface area contributed by atoms with E-state index in [1.165, 1.54) is 57.9 Å². The second-order valence-electron chi connectivity index (χ2n) is 6.31. The Balaban J connectivity index is 0.000000701. The van der Waals surface area contributed by atoms with Gasteiger partial charge < -0.3 is 0 Å². The van der Waals surface area contributed by atoms with Crippen molar-refractivity contribution < 1.29 is 20.8 Å². The van der Waals surface area contributed by atoms with E-state index in [9.17, 15) is 0 Å². The molecule has 0 N–H and O–H groups in total. The Morgan fingerprint density at radius 3 is 2.40 bits per heavy atom. The molecule has 25 heavy (non-hydrogen) atoms. The zero-order chi connectivity index (χ0) is 18.2. The number of halogens is 2. The van der Waals surface area contributed by atoms with E-state index in [1.54, 1.807) is 0 Å². The summed E-state index contributed by atoms with van der Waals surface area (Å²) in [7, 11) is 9.87. The molecule has 0 radical (unpaired) electrons. The van der Waals surface area contributed by atoms with Gasteiger partial charge in [0.15, 0.2) is 0 Å². The van der Waals surface area contributed by atoms with Crippen LogP contribution in [0, 0.1) is 6.92 Å². The molecule has 0 fully saturated rings. The topological polar surface area (TPSA) is 0 Å². The van der Waals surface area contributed by atoms with Gasteiger partial charge in [0.1, 0.15) is 0 Å². The molecule has 0 spiro atoms. The molecule has 0 saturated heterocycles. The average molecular weight is 452 g/mol. The second kappa shape index (κ2) is 10.6. The van der Waals surface area contributed by atoms with E-state index < -0.39 is 20.8 Å². The number of fused-ring (bicyclic) bond motifs is 1. The second-order valence-corrected chi connectivity index (χ2v) is 10.0. The van der Waals surface area contributed by atoms with Gasteiger partial charge in [-0.3, -0.25) is 0 Å². The van der Waals surface area contributed by atoms with E-state index >= 15 is 0 Å². The van der Waals surface area contributed by atoms with Crippen LogP contribution in [0.25, 0.3) is 21.9 Å². The van der Waals surface area contributed by atoms with Crippen molar-refractivity contribution in [1.82, 2.24) is 0 Å². The summed E-state index contributed by atoms with van der Waals surface area (Å²) in [6.45, 7) is 6.73. The monoisotopic (exact) mass is 449 g/mol. The van der Waals surface area contributed by atoms with Gasteiger partial charge in [-0.25, -0.2) is 0 Å². The Bertz CT molecular complexity index is 805. The van der Waals surface area contributed by atoms with Crippen molar-refractivity contribution in [2.75, 3.05) is 0 Å². The van der Waals surface area contributed by atoms with Crippen molar-refractivity contribution in [3.63, 3.8) is 0 Å².